The van der Waals surface area contributed by atoms with Crippen LogP contribution in [0, 0.1) is 0 Å². The Kier molecular flexibility index (Phi) is 6.36. The standard InChI is InChI=1S/C27H26ClFN2O3/c1-26(2,3)34-25(33)30-23(19-13-7-9-15-21(19)28)27(29)20-14-8-10-16-22(20)31(24(27)32)17-18-11-5-4-6-12-18/h4-16,23H,17H2,1-3H3,(H,30,33)/t23-,27-/m0/s1. The van der Waals surface area contributed by atoms with Crippen molar-refractivity contribution in [1.82, 2.24) is 5.32 Å². The number of hydrogen-bond donors (Lipinski definition) is 1. The molecular formula is C27H26ClFN2O3. The lowest BCUT2D eigenvalue weighted by atomic mass is 9.85. The van der Waals surface area contributed by atoms with Crippen LogP contribution in [0.3, 0.4) is 0 Å². The Labute approximate surface area is 203 Å². The Morgan fingerprint density at radius 1 is 1.03 bits per heavy atom. The molecule has 0 bridgehead atoms. The molecule has 3 aromatic carbocycles. The molecule has 3 aromatic rings. The van der Waals surface area contributed by atoms with Gasteiger partial charge < -0.3 is 15.0 Å². The molecule has 1 heterocycles. The number of ether oxygens (including phenoxy) is 1. The van der Waals surface area contributed by atoms with Crippen molar-refractivity contribution < 1.29 is 18.7 Å². The fraction of sp³-hybridized carbons (Fsp3) is 0.259. The van der Waals surface area contributed by atoms with Gasteiger partial charge in [0.1, 0.15) is 11.6 Å². The number of nitrogens with one attached hydrogen (secondary N) is 1. The van der Waals surface area contributed by atoms with Gasteiger partial charge >= 0.3 is 6.09 Å². The third kappa shape index (κ3) is 4.50. The molecule has 0 spiro atoms. The van der Waals surface area contributed by atoms with Gasteiger partial charge in [-0.05, 0) is 44.0 Å². The number of para-hydroxylation sites is 1. The molecule has 1 aliphatic rings. The van der Waals surface area contributed by atoms with Crippen LogP contribution < -0.4 is 10.2 Å². The first-order valence-corrected chi connectivity index (χ1v) is 11.4. The van der Waals surface area contributed by atoms with Gasteiger partial charge in [0.15, 0.2) is 0 Å². The maximum absolute atomic E-state index is 17.3. The van der Waals surface area contributed by atoms with Gasteiger partial charge in [0.2, 0.25) is 5.67 Å². The average molecular weight is 481 g/mol. The zero-order valence-electron chi connectivity index (χ0n) is 19.2. The summed E-state index contributed by atoms with van der Waals surface area (Å²) < 4.78 is 22.7. The predicted octanol–water partition coefficient (Wildman–Crippen LogP) is 6.32. The van der Waals surface area contributed by atoms with E-state index in [0.717, 1.165) is 5.56 Å². The number of alkyl halides is 1. The first-order valence-electron chi connectivity index (χ1n) is 11.0. The normalized spacial score (nSPS) is 18.4. The van der Waals surface area contributed by atoms with Gasteiger partial charge in [-0.3, -0.25) is 4.79 Å². The van der Waals surface area contributed by atoms with Gasteiger partial charge in [-0.25, -0.2) is 9.18 Å². The minimum Gasteiger partial charge on any atom is -0.444 e. The van der Waals surface area contributed by atoms with E-state index >= 15 is 4.39 Å². The summed E-state index contributed by atoms with van der Waals surface area (Å²) in [7, 11) is 0. The van der Waals surface area contributed by atoms with Crippen molar-refractivity contribution in [3.63, 3.8) is 0 Å². The number of benzene rings is 3. The Balaban J connectivity index is 1.82. The first-order chi connectivity index (χ1) is 16.1. The van der Waals surface area contributed by atoms with Gasteiger partial charge in [0, 0.05) is 10.6 Å². The average Bonchev–Trinajstić information content (AvgIpc) is 3.00. The Hall–Kier alpha value is -3.38. The molecule has 0 unspecified atom stereocenters. The van der Waals surface area contributed by atoms with Crippen LogP contribution >= 0.6 is 11.6 Å². The smallest absolute Gasteiger partial charge is 0.408 e. The summed E-state index contributed by atoms with van der Waals surface area (Å²) in [5, 5.41) is 2.83. The number of fused-ring (bicyclic) bond motifs is 1. The number of hydrogen-bond acceptors (Lipinski definition) is 3. The molecule has 0 saturated carbocycles. The molecule has 0 fully saturated rings. The zero-order chi connectivity index (χ0) is 24.5. The predicted molar refractivity (Wildman–Crippen MR) is 130 cm³/mol. The minimum atomic E-state index is -2.60. The number of alkyl carbamates (subject to hydrolysis) is 1. The van der Waals surface area contributed by atoms with Crippen LogP contribution in [0.25, 0.3) is 0 Å². The number of carbonyl (C=O) groups excluding carboxylic acids is 2. The van der Waals surface area contributed by atoms with E-state index in [0.29, 0.717) is 5.69 Å². The maximum Gasteiger partial charge on any atom is 0.408 e. The molecule has 0 saturated heterocycles. The topological polar surface area (TPSA) is 58.6 Å². The molecule has 2 amide bonds. The van der Waals surface area contributed by atoms with Crippen molar-refractivity contribution in [3.05, 3.63) is 101 Å². The minimum absolute atomic E-state index is 0.164. The summed E-state index contributed by atoms with van der Waals surface area (Å²) in [6.45, 7) is 5.31. The van der Waals surface area contributed by atoms with Crippen LogP contribution in [0.2, 0.25) is 5.02 Å². The van der Waals surface area contributed by atoms with Crippen molar-refractivity contribution >= 4 is 29.3 Å². The number of rotatable bonds is 5. The fourth-order valence-corrected chi connectivity index (χ4v) is 4.41. The summed E-state index contributed by atoms with van der Waals surface area (Å²) in [6, 6.07) is 21.2. The van der Waals surface area contributed by atoms with E-state index in [1.165, 1.54) is 4.90 Å². The molecule has 7 heteroatoms. The summed E-state index contributed by atoms with van der Waals surface area (Å²) in [4.78, 5) is 28.0. The first kappa shape index (κ1) is 23.8. The van der Waals surface area contributed by atoms with E-state index in [-0.39, 0.29) is 22.7 Å². The molecule has 0 aromatic heterocycles. The number of amides is 2. The zero-order valence-corrected chi connectivity index (χ0v) is 20.0. The molecular weight excluding hydrogens is 455 g/mol. The van der Waals surface area contributed by atoms with Crippen molar-refractivity contribution in [2.45, 2.75) is 44.6 Å². The quantitative estimate of drug-likeness (QED) is 0.465. The van der Waals surface area contributed by atoms with E-state index in [9.17, 15) is 9.59 Å². The van der Waals surface area contributed by atoms with Gasteiger partial charge in [0.05, 0.1) is 12.2 Å². The molecule has 34 heavy (non-hydrogen) atoms. The molecule has 1 aliphatic heterocycles. The highest BCUT2D eigenvalue weighted by Crippen LogP contribution is 2.51. The summed E-state index contributed by atoms with van der Waals surface area (Å²) in [6.07, 6.45) is -0.846. The SMILES string of the molecule is CC(C)(C)OC(=O)N[C@@H](c1ccccc1Cl)[C@]1(F)C(=O)N(Cc2ccccc2)c2ccccc21. The highest BCUT2D eigenvalue weighted by Gasteiger charge is 2.58. The van der Waals surface area contributed by atoms with Gasteiger partial charge in [-0.1, -0.05) is 78.3 Å². The lowest BCUT2D eigenvalue weighted by Crippen LogP contribution is -2.48. The van der Waals surface area contributed by atoms with Crippen molar-refractivity contribution in [2.24, 2.45) is 0 Å². The third-order valence-corrected chi connectivity index (χ3v) is 5.95. The van der Waals surface area contributed by atoms with Gasteiger partial charge in [-0.2, -0.15) is 0 Å². The molecule has 5 nitrogen and oxygen atoms in total. The number of nitrogens with zero attached hydrogens (tertiary/aromatic N) is 1. The summed E-state index contributed by atoms with van der Waals surface area (Å²) >= 11 is 6.43. The van der Waals surface area contributed by atoms with Crippen LogP contribution in [-0.4, -0.2) is 17.6 Å². The summed E-state index contributed by atoms with van der Waals surface area (Å²) in [5.74, 6) is -0.779. The lowest BCUT2D eigenvalue weighted by molar-refractivity contribution is -0.131. The Morgan fingerprint density at radius 2 is 1.65 bits per heavy atom. The maximum atomic E-state index is 17.3. The Bertz CT molecular complexity index is 1210. The van der Waals surface area contributed by atoms with E-state index in [1.54, 1.807) is 69.3 Å². The highest BCUT2D eigenvalue weighted by atomic mass is 35.5. The second-order valence-corrected chi connectivity index (χ2v) is 9.61. The van der Waals surface area contributed by atoms with Crippen LogP contribution in [0.4, 0.5) is 14.9 Å². The van der Waals surface area contributed by atoms with E-state index in [4.69, 9.17) is 16.3 Å². The van der Waals surface area contributed by atoms with Crippen molar-refractivity contribution in [2.75, 3.05) is 4.90 Å². The molecule has 0 radical (unpaired) electrons. The molecule has 4 rings (SSSR count). The van der Waals surface area contributed by atoms with Crippen LogP contribution in [0.1, 0.15) is 43.5 Å². The highest BCUT2D eigenvalue weighted by molar-refractivity contribution is 6.31. The number of carbonyl (C=O) groups is 2. The second-order valence-electron chi connectivity index (χ2n) is 9.21. The van der Waals surface area contributed by atoms with E-state index in [2.05, 4.69) is 5.32 Å². The van der Waals surface area contributed by atoms with Crippen LogP contribution in [-0.2, 0) is 21.7 Å². The molecule has 0 aliphatic carbocycles. The van der Waals surface area contributed by atoms with Gasteiger partial charge in [0.25, 0.3) is 5.91 Å². The third-order valence-electron chi connectivity index (χ3n) is 5.60. The Morgan fingerprint density at radius 3 is 2.32 bits per heavy atom. The second kappa shape index (κ2) is 9.11. The lowest BCUT2D eigenvalue weighted by Gasteiger charge is -2.32. The number of anilines is 1. The van der Waals surface area contributed by atoms with Crippen molar-refractivity contribution in [3.8, 4) is 0 Å². The molecule has 176 valence electrons. The molecule has 1 N–H and O–H groups in total. The van der Waals surface area contributed by atoms with Crippen LogP contribution in [0.5, 0.6) is 0 Å². The monoisotopic (exact) mass is 480 g/mol. The van der Waals surface area contributed by atoms with Crippen LogP contribution in [0.15, 0.2) is 78.9 Å². The summed E-state index contributed by atoms with van der Waals surface area (Å²) in [5.41, 5.74) is -1.67. The van der Waals surface area contributed by atoms with E-state index in [1.807, 2.05) is 30.3 Å². The largest absolute Gasteiger partial charge is 0.444 e. The van der Waals surface area contributed by atoms with E-state index < -0.39 is 29.3 Å². The van der Waals surface area contributed by atoms with Crippen molar-refractivity contribution in [1.29, 1.82) is 0 Å². The van der Waals surface area contributed by atoms with Gasteiger partial charge in [-0.15, -0.1) is 0 Å². The number of halogens is 2. The molecule has 2 atom stereocenters. The fourth-order valence-electron chi connectivity index (χ4n) is 4.17.